The first-order chi connectivity index (χ1) is 14.9. The summed E-state index contributed by atoms with van der Waals surface area (Å²) in [6.45, 7) is 1.74. The third-order valence-corrected chi connectivity index (χ3v) is 6.42. The van der Waals surface area contributed by atoms with Gasteiger partial charge in [-0.25, -0.2) is 8.42 Å². The van der Waals surface area contributed by atoms with Gasteiger partial charge in [0.1, 0.15) is 5.58 Å². The minimum absolute atomic E-state index is 0.0628. The summed E-state index contributed by atoms with van der Waals surface area (Å²) in [5, 5.41) is 0.790. The third-order valence-electron chi connectivity index (χ3n) is 4.74. The van der Waals surface area contributed by atoms with E-state index in [9.17, 15) is 18.0 Å². The number of amides is 2. The lowest BCUT2D eigenvalue weighted by molar-refractivity contribution is 0.0817. The smallest absolute Gasteiger partial charge is 0.305 e. The van der Waals surface area contributed by atoms with Gasteiger partial charge >= 0.3 is 11.8 Å². The predicted molar refractivity (Wildman–Crippen MR) is 112 cm³/mol. The molecule has 9 heteroatoms. The van der Waals surface area contributed by atoms with Crippen LogP contribution in [0.1, 0.15) is 32.2 Å². The van der Waals surface area contributed by atoms with E-state index in [1.807, 2.05) is 12.1 Å². The molecular weight excluding hydrogens is 420 g/mol. The lowest BCUT2D eigenvalue weighted by Gasteiger charge is -2.07. The fourth-order valence-electron chi connectivity index (χ4n) is 3.18. The van der Waals surface area contributed by atoms with Crippen LogP contribution in [0.3, 0.4) is 0 Å². The number of hydrogen-bond acceptors (Lipinski definition) is 6. The molecule has 0 aliphatic heterocycles. The predicted octanol–water partition coefficient (Wildman–Crippen LogP) is 3.38. The molecule has 4 rings (SSSR count). The third kappa shape index (κ3) is 4.08. The van der Waals surface area contributed by atoms with E-state index in [0.717, 1.165) is 5.39 Å². The number of furan rings is 2. The largest absolute Gasteiger partial charge is 0.459 e. The zero-order valence-corrected chi connectivity index (χ0v) is 17.2. The van der Waals surface area contributed by atoms with Crippen LogP contribution < -0.4 is 10.9 Å². The van der Waals surface area contributed by atoms with E-state index in [1.54, 1.807) is 37.3 Å². The van der Waals surface area contributed by atoms with Crippen LogP contribution >= 0.6 is 0 Å². The number of hydrogen-bond donors (Lipinski definition) is 2. The molecule has 0 saturated heterocycles. The number of sulfone groups is 1. The van der Waals surface area contributed by atoms with Gasteiger partial charge in [-0.05, 0) is 31.2 Å². The van der Waals surface area contributed by atoms with E-state index in [-0.39, 0.29) is 22.0 Å². The van der Waals surface area contributed by atoms with Crippen LogP contribution in [-0.4, -0.2) is 20.2 Å². The second-order valence-electron chi connectivity index (χ2n) is 6.81. The summed E-state index contributed by atoms with van der Waals surface area (Å²) in [6, 6.07) is 16.5. The Balaban J connectivity index is 1.47. The van der Waals surface area contributed by atoms with Crippen molar-refractivity contribution in [1.82, 2.24) is 10.9 Å². The van der Waals surface area contributed by atoms with Crippen molar-refractivity contribution in [2.75, 3.05) is 0 Å². The van der Waals surface area contributed by atoms with Crippen LogP contribution in [0.2, 0.25) is 0 Å². The molecule has 4 aromatic rings. The van der Waals surface area contributed by atoms with Crippen LogP contribution in [0.4, 0.5) is 0 Å². The fraction of sp³-hybridized carbons (Fsp3) is 0.0909. The van der Waals surface area contributed by atoms with Crippen molar-refractivity contribution in [1.29, 1.82) is 0 Å². The maximum atomic E-state index is 12.6. The molecule has 2 aromatic heterocycles. The molecule has 0 aliphatic rings. The number of fused-ring (bicyclic) bond motifs is 1. The van der Waals surface area contributed by atoms with Gasteiger partial charge in [-0.15, -0.1) is 0 Å². The average Bonchev–Trinajstić information content (AvgIpc) is 3.37. The first-order valence-corrected chi connectivity index (χ1v) is 10.9. The monoisotopic (exact) mass is 438 g/mol. The van der Waals surface area contributed by atoms with Crippen LogP contribution in [-0.2, 0) is 15.6 Å². The van der Waals surface area contributed by atoms with Crippen LogP contribution in [0.15, 0.2) is 80.7 Å². The van der Waals surface area contributed by atoms with Gasteiger partial charge in [0.2, 0.25) is 0 Å². The van der Waals surface area contributed by atoms with E-state index >= 15 is 0 Å². The summed E-state index contributed by atoms with van der Waals surface area (Å²) < 4.78 is 35.9. The Bertz CT molecular complexity index is 1370. The van der Waals surface area contributed by atoms with Crippen molar-refractivity contribution in [2.45, 2.75) is 17.6 Å². The Kier molecular flexibility index (Phi) is 5.35. The minimum atomic E-state index is -3.68. The maximum Gasteiger partial charge on any atom is 0.305 e. The molecule has 0 fully saturated rings. The van der Waals surface area contributed by atoms with Gasteiger partial charge in [-0.3, -0.25) is 20.4 Å². The number of nitrogens with one attached hydrogen (secondary N) is 2. The van der Waals surface area contributed by atoms with E-state index in [2.05, 4.69) is 10.9 Å². The van der Waals surface area contributed by atoms with Crippen molar-refractivity contribution >= 4 is 32.6 Å². The van der Waals surface area contributed by atoms with Crippen molar-refractivity contribution in [3.8, 4) is 0 Å². The summed E-state index contributed by atoms with van der Waals surface area (Å²) in [5.74, 6) is -2.00. The topological polar surface area (TPSA) is 119 Å². The Morgan fingerprint density at radius 3 is 2.23 bits per heavy atom. The van der Waals surface area contributed by atoms with Gasteiger partial charge in [-0.1, -0.05) is 36.4 Å². The number of carbonyl (C=O) groups is 2. The van der Waals surface area contributed by atoms with Crippen molar-refractivity contribution in [3.63, 3.8) is 0 Å². The number of benzene rings is 2. The molecule has 8 nitrogen and oxygen atoms in total. The molecule has 2 amide bonds. The van der Waals surface area contributed by atoms with Crippen LogP contribution in [0.25, 0.3) is 11.0 Å². The highest BCUT2D eigenvalue weighted by atomic mass is 32.2. The molecule has 2 heterocycles. The molecule has 31 heavy (non-hydrogen) atoms. The van der Waals surface area contributed by atoms with Gasteiger partial charge in [-0.2, -0.15) is 0 Å². The van der Waals surface area contributed by atoms with E-state index in [1.165, 1.54) is 24.5 Å². The maximum absolute atomic E-state index is 12.6. The van der Waals surface area contributed by atoms with Gasteiger partial charge in [0, 0.05) is 16.5 Å². The summed E-state index contributed by atoms with van der Waals surface area (Å²) in [5.41, 5.74) is 5.87. The Morgan fingerprint density at radius 1 is 0.871 bits per heavy atom. The summed E-state index contributed by atoms with van der Waals surface area (Å²) in [4.78, 5) is 25.1. The van der Waals surface area contributed by atoms with E-state index in [4.69, 9.17) is 8.83 Å². The normalized spacial score (nSPS) is 11.4. The van der Waals surface area contributed by atoms with Crippen molar-refractivity contribution < 1.29 is 26.8 Å². The van der Waals surface area contributed by atoms with Crippen molar-refractivity contribution in [2.24, 2.45) is 0 Å². The molecule has 0 aliphatic carbocycles. The van der Waals surface area contributed by atoms with Crippen LogP contribution in [0.5, 0.6) is 0 Å². The molecule has 158 valence electrons. The molecule has 0 bridgehead atoms. The average molecular weight is 438 g/mol. The Labute approximate surface area is 177 Å². The van der Waals surface area contributed by atoms with Crippen molar-refractivity contribution in [3.05, 3.63) is 89.6 Å². The Hall–Kier alpha value is -3.85. The number of carbonyl (C=O) groups excluding carboxylic acids is 2. The molecule has 2 aromatic carbocycles. The SMILES string of the molecule is Cc1c(C(=O)NNC(=O)c2occc2CS(=O)(=O)c2ccccc2)oc2ccccc12. The molecule has 0 radical (unpaired) electrons. The van der Waals surface area contributed by atoms with Gasteiger partial charge < -0.3 is 8.83 Å². The van der Waals surface area contributed by atoms with Gasteiger partial charge in [0.05, 0.1) is 16.9 Å². The molecule has 2 N–H and O–H groups in total. The fourth-order valence-corrected chi connectivity index (χ4v) is 4.56. The lowest BCUT2D eigenvalue weighted by Crippen LogP contribution is -2.41. The number of hydrazine groups is 1. The molecular formula is C22H18N2O6S. The number of para-hydroxylation sites is 1. The molecule has 0 unspecified atom stereocenters. The standard InChI is InChI=1S/C22H18N2O6S/c1-14-17-9-5-6-10-18(17)30-19(14)21(25)23-24-22(26)20-15(11-12-29-20)13-31(27,28)16-7-3-2-4-8-16/h2-12H,13H2,1H3,(H,23,25)(H,24,26). The first-order valence-electron chi connectivity index (χ1n) is 9.30. The zero-order chi connectivity index (χ0) is 22.0. The van der Waals surface area contributed by atoms with E-state index in [0.29, 0.717) is 11.1 Å². The number of rotatable bonds is 5. The summed E-state index contributed by atoms with van der Waals surface area (Å²) >= 11 is 0. The second-order valence-corrected chi connectivity index (χ2v) is 8.80. The van der Waals surface area contributed by atoms with Crippen LogP contribution in [0, 0.1) is 6.92 Å². The van der Waals surface area contributed by atoms with Gasteiger partial charge in [0.15, 0.2) is 21.4 Å². The highest BCUT2D eigenvalue weighted by Crippen LogP contribution is 2.24. The molecule has 0 spiro atoms. The highest BCUT2D eigenvalue weighted by Gasteiger charge is 2.24. The molecule has 0 saturated carbocycles. The minimum Gasteiger partial charge on any atom is -0.459 e. The first kappa shape index (κ1) is 20.4. The summed E-state index contributed by atoms with van der Waals surface area (Å²) in [7, 11) is -3.68. The number of aryl methyl sites for hydroxylation is 1. The lowest BCUT2D eigenvalue weighted by atomic mass is 10.1. The molecule has 0 atom stereocenters. The highest BCUT2D eigenvalue weighted by molar-refractivity contribution is 7.90. The Morgan fingerprint density at radius 2 is 1.52 bits per heavy atom. The van der Waals surface area contributed by atoms with E-state index < -0.39 is 27.4 Å². The van der Waals surface area contributed by atoms with Gasteiger partial charge in [0.25, 0.3) is 0 Å². The summed E-state index contributed by atoms with van der Waals surface area (Å²) in [6.07, 6.45) is 1.22. The quantitative estimate of drug-likeness (QED) is 0.461. The zero-order valence-electron chi connectivity index (χ0n) is 16.4. The second kappa shape index (κ2) is 8.11.